The highest BCUT2D eigenvalue weighted by molar-refractivity contribution is 8.00. The van der Waals surface area contributed by atoms with Crippen LogP contribution in [0, 0.1) is 16.0 Å². The first kappa shape index (κ1) is 21.7. The molecule has 1 aromatic carbocycles. The lowest BCUT2D eigenvalue weighted by molar-refractivity contribution is -0.384. The number of nitro benzene ring substituents is 1. The molecule has 1 atom stereocenters. The van der Waals surface area contributed by atoms with Gasteiger partial charge in [-0.2, -0.15) is 0 Å². The summed E-state index contributed by atoms with van der Waals surface area (Å²) in [7, 11) is 0. The van der Waals surface area contributed by atoms with Gasteiger partial charge in [0.25, 0.3) is 5.69 Å². The van der Waals surface area contributed by atoms with Crippen molar-refractivity contribution in [3.8, 4) is 0 Å². The number of amides is 1. The second-order valence-electron chi connectivity index (χ2n) is 6.09. The summed E-state index contributed by atoms with van der Waals surface area (Å²) in [6, 6.07) is 6.36. The van der Waals surface area contributed by atoms with E-state index in [-0.39, 0.29) is 29.3 Å². The summed E-state index contributed by atoms with van der Waals surface area (Å²) in [6.07, 6.45) is 2.10. The number of nitro groups is 1. The molecular formula is C17H26ClN3O3S. The van der Waals surface area contributed by atoms with Gasteiger partial charge in [-0.25, -0.2) is 0 Å². The summed E-state index contributed by atoms with van der Waals surface area (Å²) in [6.45, 7) is 7.67. The van der Waals surface area contributed by atoms with Crippen LogP contribution < -0.4 is 5.32 Å². The molecule has 1 heterocycles. The number of benzene rings is 1. The molecule has 0 bridgehead atoms. The van der Waals surface area contributed by atoms with E-state index in [1.54, 1.807) is 12.1 Å². The van der Waals surface area contributed by atoms with Gasteiger partial charge in [0.2, 0.25) is 5.91 Å². The molecular weight excluding hydrogens is 362 g/mol. The molecule has 6 nitrogen and oxygen atoms in total. The molecule has 0 radical (unpaired) electrons. The second-order valence-corrected chi connectivity index (χ2v) is 7.50. The van der Waals surface area contributed by atoms with Crippen LogP contribution in [0.5, 0.6) is 0 Å². The van der Waals surface area contributed by atoms with Crippen LogP contribution in [-0.2, 0) is 4.79 Å². The minimum atomic E-state index is -0.416. The fourth-order valence-corrected chi connectivity index (χ4v) is 3.82. The van der Waals surface area contributed by atoms with Gasteiger partial charge in [0.1, 0.15) is 0 Å². The molecule has 2 rings (SSSR count). The largest absolute Gasteiger partial charge is 0.342 e. The van der Waals surface area contributed by atoms with Crippen molar-refractivity contribution < 1.29 is 9.72 Å². The molecule has 140 valence electrons. The van der Waals surface area contributed by atoms with Gasteiger partial charge >= 0.3 is 0 Å². The Morgan fingerprint density at radius 1 is 1.36 bits per heavy atom. The van der Waals surface area contributed by atoms with Gasteiger partial charge in [-0.05, 0) is 50.9 Å². The van der Waals surface area contributed by atoms with Gasteiger partial charge < -0.3 is 10.2 Å². The Hall–Kier alpha value is -1.31. The van der Waals surface area contributed by atoms with E-state index in [0.29, 0.717) is 5.92 Å². The Balaban J connectivity index is 0.00000312. The van der Waals surface area contributed by atoms with Crippen LogP contribution in [0.25, 0.3) is 0 Å². The maximum absolute atomic E-state index is 12.6. The van der Waals surface area contributed by atoms with E-state index in [4.69, 9.17) is 0 Å². The molecule has 1 aliphatic rings. The van der Waals surface area contributed by atoms with E-state index in [1.165, 1.54) is 23.9 Å². The average molecular weight is 388 g/mol. The second kappa shape index (κ2) is 10.6. The molecule has 1 N–H and O–H groups in total. The van der Waals surface area contributed by atoms with Crippen molar-refractivity contribution in [2.24, 2.45) is 5.92 Å². The Morgan fingerprint density at radius 3 is 2.48 bits per heavy atom. The van der Waals surface area contributed by atoms with E-state index in [9.17, 15) is 14.9 Å². The number of hydrogen-bond acceptors (Lipinski definition) is 5. The van der Waals surface area contributed by atoms with E-state index >= 15 is 0 Å². The lowest BCUT2D eigenvalue weighted by Gasteiger charge is -2.33. The summed E-state index contributed by atoms with van der Waals surface area (Å²) in [5.74, 6) is 0.812. The SMILES string of the molecule is CCNCC1CCN(C(=O)C(C)Sc2ccc([N+](=O)[O-])cc2)CC1.Cl. The highest BCUT2D eigenvalue weighted by Crippen LogP contribution is 2.27. The van der Waals surface area contributed by atoms with Crippen LogP contribution in [0.2, 0.25) is 0 Å². The Bertz CT molecular complexity index is 563. The molecule has 1 saturated heterocycles. The van der Waals surface area contributed by atoms with Gasteiger partial charge in [0.05, 0.1) is 10.2 Å². The smallest absolute Gasteiger partial charge is 0.269 e. The summed E-state index contributed by atoms with van der Waals surface area (Å²) in [5, 5.41) is 13.9. The number of carbonyl (C=O) groups excluding carboxylic acids is 1. The third-order valence-electron chi connectivity index (χ3n) is 4.32. The number of carbonyl (C=O) groups is 1. The molecule has 25 heavy (non-hydrogen) atoms. The fraction of sp³-hybridized carbons (Fsp3) is 0.588. The average Bonchev–Trinajstić information content (AvgIpc) is 2.60. The van der Waals surface area contributed by atoms with Gasteiger partial charge in [-0.3, -0.25) is 14.9 Å². The number of nitrogens with zero attached hydrogens (tertiary/aromatic N) is 2. The van der Waals surface area contributed by atoms with E-state index in [2.05, 4.69) is 12.2 Å². The lowest BCUT2D eigenvalue weighted by atomic mass is 9.96. The van der Waals surface area contributed by atoms with Crippen LogP contribution in [0.15, 0.2) is 29.2 Å². The van der Waals surface area contributed by atoms with Crippen LogP contribution in [0.3, 0.4) is 0 Å². The van der Waals surface area contributed by atoms with E-state index in [0.717, 1.165) is 43.9 Å². The molecule has 1 aliphatic heterocycles. The highest BCUT2D eigenvalue weighted by Gasteiger charge is 2.26. The molecule has 0 spiro atoms. The Morgan fingerprint density at radius 2 is 1.96 bits per heavy atom. The normalized spacial score (nSPS) is 16.2. The molecule has 1 aromatic rings. The Labute approximate surface area is 159 Å². The number of piperidine rings is 1. The van der Waals surface area contributed by atoms with E-state index in [1.807, 2.05) is 11.8 Å². The topological polar surface area (TPSA) is 75.5 Å². The fourth-order valence-electron chi connectivity index (χ4n) is 2.86. The number of likely N-dealkylation sites (tertiary alicyclic amines) is 1. The van der Waals surface area contributed by atoms with Gasteiger partial charge in [-0.1, -0.05) is 6.92 Å². The van der Waals surface area contributed by atoms with Crippen LogP contribution >= 0.6 is 24.2 Å². The highest BCUT2D eigenvalue weighted by atomic mass is 35.5. The molecule has 0 aromatic heterocycles. The zero-order valence-electron chi connectivity index (χ0n) is 14.6. The number of nitrogens with one attached hydrogen (secondary N) is 1. The van der Waals surface area contributed by atoms with Crippen LogP contribution in [-0.4, -0.2) is 47.2 Å². The predicted molar refractivity (Wildman–Crippen MR) is 104 cm³/mol. The van der Waals surface area contributed by atoms with Crippen molar-refractivity contribution in [1.29, 1.82) is 0 Å². The number of non-ortho nitro benzene ring substituents is 1. The number of hydrogen-bond donors (Lipinski definition) is 1. The number of thioether (sulfide) groups is 1. The van der Waals surface area contributed by atoms with Crippen molar-refractivity contribution in [3.05, 3.63) is 34.4 Å². The first-order chi connectivity index (χ1) is 11.5. The third kappa shape index (κ3) is 6.49. The standard InChI is InChI=1S/C17H25N3O3S.ClH/c1-3-18-12-14-8-10-19(11-9-14)17(21)13(2)24-16-6-4-15(5-7-16)20(22)23;/h4-7,13-14,18H,3,8-12H2,1-2H3;1H. The van der Waals surface area contributed by atoms with Crippen molar-refractivity contribution >= 4 is 35.8 Å². The van der Waals surface area contributed by atoms with Crippen molar-refractivity contribution in [2.75, 3.05) is 26.2 Å². The first-order valence-electron chi connectivity index (χ1n) is 8.42. The zero-order chi connectivity index (χ0) is 17.5. The van der Waals surface area contributed by atoms with Crippen molar-refractivity contribution in [2.45, 2.75) is 36.8 Å². The van der Waals surface area contributed by atoms with Gasteiger partial charge in [-0.15, -0.1) is 24.2 Å². The zero-order valence-corrected chi connectivity index (χ0v) is 16.3. The maximum atomic E-state index is 12.6. The molecule has 1 fully saturated rings. The number of rotatable bonds is 7. The quantitative estimate of drug-likeness (QED) is 0.441. The van der Waals surface area contributed by atoms with Crippen LogP contribution in [0.4, 0.5) is 5.69 Å². The van der Waals surface area contributed by atoms with Gasteiger partial charge in [0.15, 0.2) is 0 Å². The Kier molecular flexibility index (Phi) is 9.24. The monoisotopic (exact) mass is 387 g/mol. The van der Waals surface area contributed by atoms with E-state index < -0.39 is 4.92 Å². The molecule has 8 heteroatoms. The van der Waals surface area contributed by atoms with Crippen LogP contribution in [0.1, 0.15) is 26.7 Å². The van der Waals surface area contributed by atoms with Gasteiger partial charge in [0, 0.05) is 30.1 Å². The summed E-state index contributed by atoms with van der Waals surface area (Å²) >= 11 is 1.45. The summed E-state index contributed by atoms with van der Waals surface area (Å²) in [5.41, 5.74) is 0.0705. The third-order valence-corrected chi connectivity index (χ3v) is 5.42. The minimum Gasteiger partial charge on any atom is -0.342 e. The molecule has 1 amide bonds. The number of halogens is 1. The van der Waals surface area contributed by atoms with Crippen molar-refractivity contribution in [1.82, 2.24) is 10.2 Å². The molecule has 1 unspecified atom stereocenters. The molecule has 0 aliphatic carbocycles. The molecule has 0 saturated carbocycles. The summed E-state index contributed by atoms with van der Waals surface area (Å²) < 4.78 is 0. The van der Waals surface area contributed by atoms with Crippen molar-refractivity contribution in [3.63, 3.8) is 0 Å². The predicted octanol–water partition coefficient (Wildman–Crippen LogP) is 3.35. The summed E-state index contributed by atoms with van der Waals surface area (Å²) in [4.78, 5) is 25.7. The maximum Gasteiger partial charge on any atom is 0.269 e. The lowest BCUT2D eigenvalue weighted by Crippen LogP contribution is -2.43. The minimum absolute atomic E-state index is 0. The first-order valence-corrected chi connectivity index (χ1v) is 9.29.